The number of carbonyl (C=O) groups is 4. The molecule has 0 saturated carbocycles. The fourth-order valence-electron chi connectivity index (χ4n) is 4.47. The molecule has 0 unspecified atom stereocenters. The van der Waals surface area contributed by atoms with E-state index in [2.05, 4.69) is 0 Å². The summed E-state index contributed by atoms with van der Waals surface area (Å²) in [7, 11) is 41.1. The zero-order valence-corrected chi connectivity index (χ0v) is 20.9. The van der Waals surface area contributed by atoms with Crippen molar-refractivity contribution in [1.29, 1.82) is 0 Å². The van der Waals surface area contributed by atoms with E-state index in [-0.39, 0.29) is 26.5 Å². The minimum absolute atomic E-state index is 0.0358. The van der Waals surface area contributed by atoms with E-state index < -0.39 is 64.1 Å². The average Bonchev–Trinajstić information content (AvgIpc) is 3.21. The molecule has 0 aliphatic carbocycles. The van der Waals surface area contributed by atoms with Crippen LogP contribution < -0.4 is 0 Å². The van der Waals surface area contributed by atoms with E-state index >= 15 is 0 Å². The summed E-state index contributed by atoms with van der Waals surface area (Å²) in [5.41, 5.74) is -2.75. The maximum atomic E-state index is 14.7. The van der Waals surface area contributed by atoms with Crippen LogP contribution in [0.15, 0.2) is 42.5 Å². The molecule has 0 aromatic heterocycles. The van der Waals surface area contributed by atoms with Crippen molar-refractivity contribution in [2.75, 3.05) is 0 Å². The number of carbonyl (C=O) groups excluding carboxylic acids is 4. The Morgan fingerprint density at radius 1 is 1.00 bits per heavy atom. The molecule has 1 fully saturated rings. The van der Waals surface area contributed by atoms with Crippen LogP contribution in [0.1, 0.15) is 27.0 Å². The van der Waals surface area contributed by atoms with Gasteiger partial charge in [-0.05, 0) is 34.5 Å². The maximum absolute atomic E-state index is 14.7. The van der Waals surface area contributed by atoms with Crippen LogP contribution in [-0.4, -0.2) is 98.8 Å². The number of halogens is 3. The summed E-state index contributed by atoms with van der Waals surface area (Å²) in [4.78, 5) is 52.2. The van der Waals surface area contributed by atoms with Crippen LogP contribution in [0.25, 0.3) is 0 Å². The van der Waals surface area contributed by atoms with Crippen molar-refractivity contribution in [1.82, 2.24) is 14.5 Å². The molecule has 2 aromatic carbocycles. The Balaban J connectivity index is 1.60. The Morgan fingerprint density at radius 2 is 1.59 bits per heavy atom. The quantitative estimate of drug-likeness (QED) is 0.394. The molecule has 0 bridgehead atoms. The Kier molecular flexibility index (Phi) is 6.98. The van der Waals surface area contributed by atoms with E-state index in [0.717, 1.165) is 17.0 Å². The van der Waals surface area contributed by atoms with Crippen LogP contribution in [0.4, 0.5) is 8.78 Å². The smallest absolute Gasteiger partial charge is 0.348 e. The van der Waals surface area contributed by atoms with Crippen LogP contribution in [0.2, 0.25) is 15.5 Å². The van der Waals surface area contributed by atoms with Gasteiger partial charge in [-0.15, -0.1) is 0 Å². The summed E-state index contributed by atoms with van der Waals surface area (Å²) < 4.78 is 29.5. The summed E-state index contributed by atoms with van der Waals surface area (Å²) in [6.45, 7) is -0.869. The Hall–Kier alpha value is -2.88. The number of amides is 4. The van der Waals surface area contributed by atoms with Crippen LogP contribution in [0.3, 0.4) is 0 Å². The molecule has 0 N–H and O–H groups in total. The molecule has 1 atom stereocenters. The van der Waals surface area contributed by atoms with Gasteiger partial charge in [-0.1, -0.05) is 41.1 Å². The molecule has 0 spiro atoms. The molecule has 2 aromatic rings. The standard InChI is InChI=1S/C22H11B7ClF2N3O4/c23-20(24)17(38)35(29)18(39)21(25,22(20,26)27)33-9-11-7-10(1-6-14(11)15(33)36)8-34(28)16(37)19(31,32)12-2-4-13(30)5-3-12/h1-7H,8-9H2/t21-/m1/s1. The van der Waals surface area contributed by atoms with E-state index in [1.165, 1.54) is 30.3 Å². The number of benzene rings is 2. The van der Waals surface area contributed by atoms with Crippen molar-refractivity contribution in [2.24, 2.45) is 0 Å². The molecule has 2 aliphatic heterocycles. The second kappa shape index (κ2) is 9.35. The Labute approximate surface area is 237 Å². The normalized spacial score (nSPS) is 22.1. The van der Waals surface area contributed by atoms with Gasteiger partial charge in [0.2, 0.25) is 27.8 Å². The summed E-state index contributed by atoms with van der Waals surface area (Å²) in [6.07, 6.45) is 0. The molecular formula is C22H11B7ClF2N3O4. The van der Waals surface area contributed by atoms with Gasteiger partial charge in [0, 0.05) is 29.2 Å². The van der Waals surface area contributed by atoms with Gasteiger partial charge in [-0.3, -0.25) is 19.2 Å². The largest absolute Gasteiger partial charge is 0.387 e. The second-order valence-electron chi connectivity index (χ2n) is 9.38. The average molecular weight is 530 g/mol. The first-order valence-corrected chi connectivity index (χ1v) is 11.5. The minimum Gasteiger partial charge on any atom is -0.387 e. The number of piperidine rings is 1. The molecule has 14 radical (unpaired) electrons. The van der Waals surface area contributed by atoms with Crippen molar-refractivity contribution in [2.45, 2.75) is 34.9 Å². The van der Waals surface area contributed by atoms with Crippen LogP contribution >= 0.6 is 11.6 Å². The van der Waals surface area contributed by atoms with Gasteiger partial charge < -0.3 is 14.5 Å². The number of hydrogen-bond donors (Lipinski definition) is 0. The van der Waals surface area contributed by atoms with Gasteiger partial charge in [0.25, 0.3) is 11.8 Å². The van der Waals surface area contributed by atoms with Crippen molar-refractivity contribution < 1.29 is 28.0 Å². The molecule has 4 amide bonds. The van der Waals surface area contributed by atoms with Crippen molar-refractivity contribution in [3.8, 4) is 0 Å². The maximum Gasteiger partial charge on any atom is 0.348 e. The van der Waals surface area contributed by atoms with Gasteiger partial charge in [-0.2, -0.15) is 8.78 Å². The van der Waals surface area contributed by atoms with E-state index in [9.17, 15) is 28.0 Å². The molecular weight excluding hydrogens is 519 g/mol. The van der Waals surface area contributed by atoms with Crippen molar-refractivity contribution >= 4 is 90.4 Å². The van der Waals surface area contributed by atoms with Gasteiger partial charge in [-0.25, -0.2) is 0 Å². The molecule has 180 valence electrons. The third kappa shape index (κ3) is 4.17. The van der Waals surface area contributed by atoms with E-state index in [1.54, 1.807) is 0 Å². The highest BCUT2D eigenvalue weighted by molar-refractivity contribution is 6.68. The minimum atomic E-state index is -3.95. The fourth-order valence-corrected chi connectivity index (χ4v) is 4.60. The first kappa shape index (κ1) is 29.1. The van der Waals surface area contributed by atoms with Crippen molar-refractivity contribution in [3.63, 3.8) is 0 Å². The predicted octanol–water partition coefficient (Wildman–Crippen LogP) is -0.277. The van der Waals surface area contributed by atoms with Crippen molar-refractivity contribution in [3.05, 3.63) is 69.7 Å². The number of alkyl halides is 2. The summed E-state index contributed by atoms with van der Waals surface area (Å²) in [5.74, 6) is -9.14. The monoisotopic (exact) mass is 531 g/mol. The lowest BCUT2D eigenvalue weighted by molar-refractivity contribution is -0.154. The van der Waals surface area contributed by atoms with E-state index in [1.807, 2.05) is 0 Å². The third-order valence-electron chi connectivity index (χ3n) is 6.92. The Bertz CT molecular complexity index is 1410. The fraction of sp³-hybridized carbons (Fsp3) is 0.273. The summed E-state index contributed by atoms with van der Waals surface area (Å²) in [6, 6.07) is 8.46. The first-order chi connectivity index (χ1) is 17.9. The number of fused-ring (bicyclic) bond motifs is 1. The number of imide groups is 1. The van der Waals surface area contributed by atoms with Gasteiger partial charge in [0.1, 0.15) is 7.85 Å². The van der Waals surface area contributed by atoms with E-state index in [0.29, 0.717) is 4.81 Å². The molecule has 4 rings (SSSR count). The third-order valence-corrected chi connectivity index (χ3v) is 7.17. The lowest BCUT2D eigenvalue weighted by Crippen LogP contribution is -2.75. The lowest BCUT2D eigenvalue weighted by atomic mass is 9.21. The molecule has 17 heteroatoms. The topological polar surface area (TPSA) is 78.0 Å². The zero-order chi connectivity index (χ0) is 29.3. The molecule has 1 saturated heterocycles. The predicted molar refractivity (Wildman–Crippen MR) is 142 cm³/mol. The first-order valence-electron chi connectivity index (χ1n) is 11.1. The highest BCUT2D eigenvalue weighted by Gasteiger charge is 2.64. The Morgan fingerprint density at radius 3 is 2.18 bits per heavy atom. The van der Waals surface area contributed by atoms with Gasteiger partial charge >= 0.3 is 5.92 Å². The number of nitrogens with zero attached hydrogens (tertiary/aromatic N) is 3. The highest BCUT2D eigenvalue weighted by atomic mass is 35.5. The number of hydrogen-bond acceptors (Lipinski definition) is 4. The van der Waals surface area contributed by atoms with Crippen LogP contribution in [0.5, 0.6) is 0 Å². The SMILES string of the molecule is [B]N(Cc1ccc2c(c1)CN([C@]1([B])C(=O)N([B])C(=O)C([B])([B])C1([B])[B])C2=O)C(=O)C(F)(F)c1ccc(Cl)cc1. The molecule has 7 nitrogen and oxygen atoms in total. The summed E-state index contributed by atoms with van der Waals surface area (Å²) >= 11 is 5.72. The number of rotatable bonds is 5. The molecule has 2 aliphatic rings. The lowest BCUT2D eigenvalue weighted by Gasteiger charge is -2.62. The van der Waals surface area contributed by atoms with Crippen LogP contribution in [-0.2, 0) is 33.4 Å². The van der Waals surface area contributed by atoms with Gasteiger partial charge in [0.05, 0.1) is 36.8 Å². The second-order valence-corrected chi connectivity index (χ2v) is 9.82. The zero-order valence-electron chi connectivity index (χ0n) is 20.1. The highest BCUT2D eigenvalue weighted by Crippen LogP contribution is 2.56. The molecule has 39 heavy (non-hydrogen) atoms. The molecule has 2 heterocycles. The van der Waals surface area contributed by atoms with E-state index in [4.69, 9.17) is 66.8 Å². The summed E-state index contributed by atoms with van der Waals surface area (Å²) in [5, 5.41) is -5.13. The van der Waals surface area contributed by atoms with Gasteiger partial charge in [0.15, 0.2) is 0 Å². The van der Waals surface area contributed by atoms with Crippen LogP contribution in [0, 0.1) is 0 Å².